The predicted molar refractivity (Wildman–Crippen MR) is 103 cm³/mol. The number of ether oxygens (including phenoxy) is 2. The molecule has 2 aromatic carbocycles. The maximum Gasteiger partial charge on any atom is 0.322 e. The second-order valence-electron chi connectivity index (χ2n) is 6.70. The Morgan fingerprint density at radius 2 is 1.85 bits per heavy atom. The van der Waals surface area contributed by atoms with Crippen molar-refractivity contribution in [3.05, 3.63) is 60.2 Å². The Morgan fingerprint density at radius 3 is 2.58 bits per heavy atom. The van der Waals surface area contributed by atoms with E-state index in [9.17, 15) is 4.79 Å². The Balaban J connectivity index is 1.52. The number of anilines is 1. The van der Waals surface area contributed by atoms with E-state index in [0.717, 1.165) is 17.9 Å². The number of carbonyl (C=O) groups is 1. The molecule has 0 aromatic heterocycles. The van der Waals surface area contributed by atoms with Crippen LogP contribution in [0.25, 0.3) is 0 Å². The van der Waals surface area contributed by atoms with Crippen molar-refractivity contribution in [3.63, 3.8) is 0 Å². The maximum atomic E-state index is 12.5. The fourth-order valence-electron chi connectivity index (χ4n) is 3.14. The van der Waals surface area contributed by atoms with Crippen molar-refractivity contribution in [2.24, 2.45) is 0 Å². The summed E-state index contributed by atoms with van der Waals surface area (Å²) in [7, 11) is 0. The van der Waals surface area contributed by atoms with E-state index in [1.54, 1.807) is 4.90 Å². The largest absolute Gasteiger partial charge is 0.493 e. The average Bonchev–Trinajstić information content (AvgIpc) is 2.62. The second-order valence-corrected chi connectivity index (χ2v) is 6.70. The molecule has 0 radical (unpaired) electrons. The Bertz CT molecular complexity index is 710. The lowest BCUT2D eigenvalue weighted by Gasteiger charge is -2.35. The minimum Gasteiger partial charge on any atom is -0.493 e. The lowest BCUT2D eigenvalue weighted by Crippen LogP contribution is -2.49. The number of rotatable bonds is 5. The van der Waals surface area contributed by atoms with Crippen molar-refractivity contribution < 1.29 is 14.3 Å². The molecule has 26 heavy (non-hydrogen) atoms. The Labute approximate surface area is 154 Å². The van der Waals surface area contributed by atoms with Gasteiger partial charge in [0.25, 0.3) is 0 Å². The van der Waals surface area contributed by atoms with Crippen LogP contribution in [0.5, 0.6) is 5.75 Å². The molecular weight excluding hydrogens is 328 g/mol. The van der Waals surface area contributed by atoms with Gasteiger partial charge in [0.1, 0.15) is 5.75 Å². The molecule has 1 aliphatic heterocycles. The fourth-order valence-corrected chi connectivity index (χ4v) is 3.14. The monoisotopic (exact) mass is 354 g/mol. The minimum absolute atomic E-state index is 0.0529. The number of urea groups is 1. The van der Waals surface area contributed by atoms with E-state index >= 15 is 0 Å². The van der Waals surface area contributed by atoms with Crippen LogP contribution in [-0.4, -0.2) is 42.8 Å². The van der Waals surface area contributed by atoms with Crippen LogP contribution >= 0.6 is 0 Å². The highest BCUT2D eigenvalue weighted by Crippen LogP contribution is 2.19. The zero-order valence-corrected chi connectivity index (χ0v) is 15.4. The van der Waals surface area contributed by atoms with Crippen LogP contribution in [0.3, 0.4) is 0 Å². The molecule has 5 nitrogen and oxygen atoms in total. The molecule has 1 saturated heterocycles. The van der Waals surface area contributed by atoms with Crippen molar-refractivity contribution in [1.29, 1.82) is 0 Å². The molecule has 2 unspecified atom stereocenters. The summed E-state index contributed by atoms with van der Waals surface area (Å²) in [5.74, 6) is 0.752. The highest BCUT2D eigenvalue weighted by atomic mass is 16.5. The van der Waals surface area contributed by atoms with E-state index < -0.39 is 0 Å². The fraction of sp³-hybridized carbons (Fsp3) is 0.381. The van der Waals surface area contributed by atoms with Crippen molar-refractivity contribution in [1.82, 2.24) is 4.90 Å². The Kier molecular flexibility index (Phi) is 6.12. The topological polar surface area (TPSA) is 50.8 Å². The van der Waals surface area contributed by atoms with E-state index in [2.05, 4.69) is 17.4 Å². The molecule has 1 heterocycles. The van der Waals surface area contributed by atoms with Crippen molar-refractivity contribution >= 4 is 11.7 Å². The molecule has 138 valence electrons. The lowest BCUT2D eigenvalue weighted by atomic mass is 10.2. The quantitative estimate of drug-likeness (QED) is 0.884. The molecule has 0 aliphatic carbocycles. The van der Waals surface area contributed by atoms with Crippen molar-refractivity contribution in [2.75, 3.05) is 25.0 Å². The van der Waals surface area contributed by atoms with Gasteiger partial charge in [0.05, 0.1) is 18.8 Å². The third kappa shape index (κ3) is 5.23. The van der Waals surface area contributed by atoms with Gasteiger partial charge in [-0.25, -0.2) is 4.79 Å². The molecule has 2 atom stereocenters. The number of benzene rings is 2. The average molecular weight is 354 g/mol. The summed E-state index contributed by atoms with van der Waals surface area (Å²) in [6, 6.07) is 17.6. The van der Waals surface area contributed by atoms with Crippen LogP contribution in [0.4, 0.5) is 10.5 Å². The van der Waals surface area contributed by atoms with Gasteiger partial charge in [-0.05, 0) is 31.5 Å². The molecule has 0 bridgehead atoms. The molecule has 1 fully saturated rings. The molecule has 2 amide bonds. The van der Waals surface area contributed by atoms with Gasteiger partial charge >= 0.3 is 6.03 Å². The van der Waals surface area contributed by atoms with E-state index in [-0.39, 0.29) is 18.2 Å². The molecular formula is C21H26N2O3. The third-order valence-electron chi connectivity index (χ3n) is 4.29. The van der Waals surface area contributed by atoms with Gasteiger partial charge in [0.2, 0.25) is 0 Å². The number of hydrogen-bond donors (Lipinski definition) is 1. The van der Waals surface area contributed by atoms with Crippen molar-refractivity contribution in [2.45, 2.75) is 32.5 Å². The van der Waals surface area contributed by atoms with Crippen LogP contribution in [0.2, 0.25) is 0 Å². The van der Waals surface area contributed by atoms with E-state index in [4.69, 9.17) is 9.47 Å². The van der Waals surface area contributed by atoms with Crippen molar-refractivity contribution in [3.8, 4) is 5.75 Å². The van der Waals surface area contributed by atoms with Gasteiger partial charge in [-0.2, -0.15) is 0 Å². The number of nitrogens with one attached hydrogen (secondary N) is 1. The number of morpholine rings is 1. The molecule has 0 spiro atoms. The van der Waals surface area contributed by atoms with Gasteiger partial charge in [-0.3, -0.25) is 0 Å². The van der Waals surface area contributed by atoms with Gasteiger partial charge in [-0.1, -0.05) is 36.4 Å². The predicted octanol–water partition coefficient (Wildman–Crippen LogP) is 3.95. The SMILES string of the molecule is CC1CN(C(=O)Nc2cccc(OCCc3ccccc3)c2)CC(C)O1. The molecule has 0 saturated carbocycles. The molecule has 1 N–H and O–H groups in total. The van der Waals surface area contributed by atoms with Crippen LogP contribution in [0.1, 0.15) is 19.4 Å². The summed E-state index contributed by atoms with van der Waals surface area (Å²) >= 11 is 0. The van der Waals surface area contributed by atoms with Gasteiger partial charge in [0, 0.05) is 31.3 Å². The normalized spacial score (nSPS) is 19.8. The summed E-state index contributed by atoms with van der Waals surface area (Å²) in [5, 5.41) is 2.95. The van der Waals surface area contributed by atoms with Crippen LogP contribution in [0, 0.1) is 0 Å². The molecule has 3 rings (SSSR count). The number of amides is 2. The van der Waals surface area contributed by atoms with E-state index in [1.807, 2.05) is 56.3 Å². The summed E-state index contributed by atoms with van der Waals surface area (Å²) in [4.78, 5) is 14.3. The Morgan fingerprint density at radius 1 is 1.12 bits per heavy atom. The van der Waals surface area contributed by atoms with E-state index in [1.165, 1.54) is 5.56 Å². The first-order valence-electron chi connectivity index (χ1n) is 9.08. The van der Waals surface area contributed by atoms with Crippen LogP contribution in [-0.2, 0) is 11.2 Å². The standard InChI is InChI=1S/C21H26N2O3/c1-16-14-23(15-17(2)26-16)21(24)22-19-9-6-10-20(13-19)25-12-11-18-7-4-3-5-8-18/h3-10,13,16-17H,11-12,14-15H2,1-2H3,(H,22,24). The number of hydrogen-bond acceptors (Lipinski definition) is 3. The maximum absolute atomic E-state index is 12.5. The lowest BCUT2D eigenvalue weighted by molar-refractivity contribution is -0.0530. The molecule has 2 aromatic rings. The summed E-state index contributed by atoms with van der Waals surface area (Å²) in [6.45, 7) is 5.76. The first kappa shape index (κ1) is 18.3. The zero-order chi connectivity index (χ0) is 18.4. The molecule has 1 aliphatic rings. The molecule has 5 heteroatoms. The summed E-state index contributed by atoms with van der Waals surface area (Å²) in [5.41, 5.74) is 1.98. The smallest absolute Gasteiger partial charge is 0.322 e. The van der Waals surface area contributed by atoms with Gasteiger partial charge in [0.15, 0.2) is 0 Å². The first-order valence-corrected chi connectivity index (χ1v) is 9.08. The minimum atomic E-state index is -0.103. The van der Waals surface area contributed by atoms with E-state index in [0.29, 0.717) is 19.7 Å². The zero-order valence-electron chi connectivity index (χ0n) is 15.4. The summed E-state index contributed by atoms with van der Waals surface area (Å²) < 4.78 is 11.5. The summed E-state index contributed by atoms with van der Waals surface area (Å²) in [6.07, 6.45) is 0.954. The van der Waals surface area contributed by atoms with Gasteiger partial charge < -0.3 is 19.7 Å². The number of carbonyl (C=O) groups excluding carboxylic acids is 1. The highest BCUT2D eigenvalue weighted by molar-refractivity contribution is 5.89. The third-order valence-corrected chi connectivity index (χ3v) is 4.29. The van der Waals surface area contributed by atoms with Gasteiger partial charge in [-0.15, -0.1) is 0 Å². The Hall–Kier alpha value is -2.53. The first-order chi connectivity index (χ1) is 12.6. The van der Waals surface area contributed by atoms with Crippen LogP contribution in [0.15, 0.2) is 54.6 Å². The highest BCUT2D eigenvalue weighted by Gasteiger charge is 2.25. The second kappa shape index (κ2) is 8.72. The van der Waals surface area contributed by atoms with Crippen LogP contribution < -0.4 is 10.1 Å². The number of nitrogens with zero attached hydrogens (tertiary/aromatic N) is 1.